The Hall–Kier alpha value is -2.54. The molecule has 0 radical (unpaired) electrons. The molecule has 24 heavy (non-hydrogen) atoms. The maximum atomic E-state index is 13.5. The molecular weight excluding hydrogens is 323 g/mol. The summed E-state index contributed by atoms with van der Waals surface area (Å²) in [5.74, 6) is -4.45. The van der Waals surface area contributed by atoms with Crippen molar-refractivity contribution in [3.63, 3.8) is 0 Å². The molecule has 2 aromatic rings. The summed E-state index contributed by atoms with van der Waals surface area (Å²) in [5.41, 5.74) is 0.337. The molecule has 0 bridgehead atoms. The number of hydrogen-bond donors (Lipinski definition) is 1. The molecule has 0 saturated carbocycles. The van der Waals surface area contributed by atoms with Crippen molar-refractivity contribution in [2.24, 2.45) is 0 Å². The second-order valence-electron chi connectivity index (χ2n) is 5.02. The minimum atomic E-state index is -1.64. The zero-order valence-corrected chi connectivity index (χ0v) is 13.1. The standard InChI is InChI=1S/C17H16F3NO3/c1-10(24-9-11-4-3-5-12(8-11)23-2)17(22)21-14-7-6-13(18)15(19)16(14)20/h3-8,10H,9H2,1-2H3,(H,21,22). The van der Waals surface area contributed by atoms with E-state index in [9.17, 15) is 18.0 Å². The van der Waals surface area contributed by atoms with E-state index in [4.69, 9.17) is 9.47 Å². The Morgan fingerprint density at radius 2 is 1.92 bits per heavy atom. The van der Waals surface area contributed by atoms with Crippen LogP contribution in [-0.2, 0) is 16.1 Å². The normalized spacial score (nSPS) is 11.9. The van der Waals surface area contributed by atoms with E-state index in [2.05, 4.69) is 5.32 Å². The van der Waals surface area contributed by atoms with Gasteiger partial charge in [-0.05, 0) is 36.8 Å². The molecule has 128 valence electrons. The zero-order chi connectivity index (χ0) is 17.7. The summed E-state index contributed by atoms with van der Waals surface area (Å²) < 4.78 is 50.0. The third-order valence-electron chi connectivity index (χ3n) is 3.30. The molecule has 0 fully saturated rings. The number of carbonyl (C=O) groups excluding carboxylic acids is 1. The summed E-state index contributed by atoms with van der Waals surface area (Å²) in [6.07, 6.45) is -0.927. The van der Waals surface area contributed by atoms with E-state index < -0.39 is 35.2 Å². The first-order valence-corrected chi connectivity index (χ1v) is 7.11. The quantitative estimate of drug-likeness (QED) is 0.817. The molecule has 0 aliphatic heterocycles. The van der Waals surface area contributed by atoms with E-state index >= 15 is 0 Å². The number of methoxy groups -OCH3 is 1. The van der Waals surface area contributed by atoms with Gasteiger partial charge in [-0.25, -0.2) is 13.2 Å². The van der Waals surface area contributed by atoms with Gasteiger partial charge in [0.25, 0.3) is 5.91 Å². The fraction of sp³-hybridized carbons (Fsp3) is 0.235. The van der Waals surface area contributed by atoms with Crippen LogP contribution in [0.1, 0.15) is 12.5 Å². The molecular formula is C17H16F3NO3. The first kappa shape index (κ1) is 17.8. The van der Waals surface area contributed by atoms with Gasteiger partial charge >= 0.3 is 0 Å². The number of rotatable bonds is 6. The van der Waals surface area contributed by atoms with Crippen LogP contribution in [0.4, 0.5) is 18.9 Å². The van der Waals surface area contributed by atoms with Gasteiger partial charge in [-0.3, -0.25) is 4.79 Å². The Labute approximate surface area is 137 Å². The van der Waals surface area contributed by atoms with Gasteiger partial charge in [0.2, 0.25) is 0 Å². The van der Waals surface area contributed by atoms with Gasteiger partial charge in [-0.2, -0.15) is 0 Å². The highest BCUT2D eigenvalue weighted by Crippen LogP contribution is 2.20. The number of hydrogen-bond acceptors (Lipinski definition) is 3. The van der Waals surface area contributed by atoms with E-state index in [-0.39, 0.29) is 6.61 Å². The Balaban J connectivity index is 1.96. The molecule has 0 aliphatic rings. The summed E-state index contributed by atoms with van der Waals surface area (Å²) >= 11 is 0. The first-order chi connectivity index (χ1) is 11.4. The number of anilines is 1. The van der Waals surface area contributed by atoms with Crippen LogP contribution in [0.2, 0.25) is 0 Å². The Morgan fingerprint density at radius 1 is 1.17 bits per heavy atom. The second kappa shape index (κ2) is 7.83. The summed E-state index contributed by atoms with van der Waals surface area (Å²) in [6, 6.07) is 8.77. The van der Waals surface area contributed by atoms with Crippen molar-refractivity contribution in [1.29, 1.82) is 0 Å². The fourth-order valence-corrected chi connectivity index (χ4v) is 1.92. The molecule has 2 aromatic carbocycles. The highest BCUT2D eigenvalue weighted by molar-refractivity contribution is 5.94. The van der Waals surface area contributed by atoms with Gasteiger partial charge in [0, 0.05) is 0 Å². The topological polar surface area (TPSA) is 47.6 Å². The maximum absolute atomic E-state index is 13.5. The van der Waals surface area contributed by atoms with Crippen molar-refractivity contribution in [2.45, 2.75) is 19.6 Å². The summed E-state index contributed by atoms with van der Waals surface area (Å²) in [5, 5.41) is 2.17. The van der Waals surface area contributed by atoms with Crippen molar-refractivity contribution >= 4 is 11.6 Å². The average Bonchev–Trinajstić information content (AvgIpc) is 2.60. The third-order valence-corrected chi connectivity index (χ3v) is 3.30. The molecule has 1 unspecified atom stereocenters. The van der Waals surface area contributed by atoms with E-state index in [1.165, 1.54) is 14.0 Å². The van der Waals surface area contributed by atoms with Gasteiger partial charge in [-0.15, -0.1) is 0 Å². The van der Waals surface area contributed by atoms with Crippen LogP contribution in [0.25, 0.3) is 0 Å². The van der Waals surface area contributed by atoms with E-state index in [0.29, 0.717) is 5.75 Å². The van der Waals surface area contributed by atoms with Gasteiger partial charge in [-0.1, -0.05) is 12.1 Å². The molecule has 1 atom stereocenters. The average molecular weight is 339 g/mol. The van der Waals surface area contributed by atoms with Crippen LogP contribution >= 0.6 is 0 Å². The van der Waals surface area contributed by atoms with Crippen LogP contribution < -0.4 is 10.1 Å². The lowest BCUT2D eigenvalue weighted by Crippen LogP contribution is -2.28. The molecule has 0 aromatic heterocycles. The summed E-state index contributed by atoms with van der Waals surface area (Å²) in [6.45, 7) is 1.60. The fourth-order valence-electron chi connectivity index (χ4n) is 1.92. The van der Waals surface area contributed by atoms with Crippen LogP contribution in [0.5, 0.6) is 5.75 Å². The molecule has 1 amide bonds. The zero-order valence-electron chi connectivity index (χ0n) is 13.1. The monoisotopic (exact) mass is 339 g/mol. The second-order valence-corrected chi connectivity index (χ2v) is 5.02. The van der Waals surface area contributed by atoms with Gasteiger partial charge < -0.3 is 14.8 Å². The number of ether oxygens (including phenoxy) is 2. The van der Waals surface area contributed by atoms with Gasteiger partial charge in [0.1, 0.15) is 11.9 Å². The molecule has 1 N–H and O–H groups in total. The van der Waals surface area contributed by atoms with Crippen LogP contribution in [0.3, 0.4) is 0 Å². The predicted octanol–water partition coefficient (Wildman–Crippen LogP) is 3.66. The number of halogens is 3. The Morgan fingerprint density at radius 3 is 2.62 bits per heavy atom. The first-order valence-electron chi connectivity index (χ1n) is 7.11. The third kappa shape index (κ3) is 4.26. The molecule has 0 aliphatic carbocycles. The van der Waals surface area contributed by atoms with Crippen molar-refractivity contribution < 1.29 is 27.4 Å². The predicted molar refractivity (Wildman–Crippen MR) is 82.2 cm³/mol. The largest absolute Gasteiger partial charge is 0.497 e. The highest BCUT2D eigenvalue weighted by Gasteiger charge is 2.19. The van der Waals surface area contributed by atoms with E-state index in [1.54, 1.807) is 24.3 Å². The minimum absolute atomic E-state index is 0.131. The molecule has 7 heteroatoms. The maximum Gasteiger partial charge on any atom is 0.253 e. The number of carbonyl (C=O) groups is 1. The molecule has 4 nitrogen and oxygen atoms in total. The van der Waals surface area contributed by atoms with Crippen LogP contribution in [0.15, 0.2) is 36.4 Å². The van der Waals surface area contributed by atoms with Gasteiger partial charge in [0.15, 0.2) is 17.5 Å². The lowest BCUT2D eigenvalue weighted by Gasteiger charge is -2.14. The minimum Gasteiger partial charge on any atom is -0.497 e. The van der Waals surface area contributed by atoms with Crippen molar-refractivity contribution in [1.82, 2.24) is 0 Å². The number of amides is 1. The lowest BCUT2D eigenvalue weighted by atomic mass is 10.2. The van der Waals surface area contributed by atoms with Crippen LogP contribution in [-0.4, -0.2) is 19.1 Å². The van der Waals surface area contributed by atoms with Crippen molar-refractivity contribution in [3.05, 3.63) is 59.4 Å². The van der Waals surface area contributed by atoms with E-state index in [1.807, 2.05) is 0 Å². The summed E-state index contributed by atoms with van der Waals surface area (Å²) in [4.78, 5) is 12.0. The van der Waals surface area contributed by atoms with Crippen molar-refractivity contribution in [3.8, 4) is 5.75 Å². The highest BCUT2D eigenvalue weighted by atomic mass is 19.2. The summed E-state index contributed by atoms with van der Waals surface area (Å²) in [7, 11) is 1.53. The smallest absolute Gasteiger partial charge is 0.253 e. The Bertz CT molecular complexity index is 737. The SMILES string of the molecule is COc1cccc(COC(C)C(=O)Nc2ccc(F)c(F)c2F)c1. The Kier molecular flexibility index (Phi) is 5.81. The molecule has 0 heterocycles. The molecule has 2 rings (SSSR count). The van der Waals surface area contributed by atoms with Crippen molar-refractivity contribution in [2.75, 3.05) is 12.4 Å². The number of nitrogens with one attached hydrogen (secondary N) is 1. The molecule has 0 spiro atoms. The van der Waals surface area contributed by atoms with Crippen LogP contribution in [0, 0.1) is 17.5 Å². The van der Waals surface area contributed by atoms with Gasteiger partial charge in [0.05, 0.1) is 19.4 Å². The number of benzene rings is 2. The molecule has 0 saturated heterocycles. The van der Waals surface area contributed by atoms with E-state index in [0.717, 1.165) is 17.7 Å². The lowest BCUT2D eigenvalue weighted by molar-refractivity contribution is -0.127.